The molecule has 3 N–H and O–H groups in total. The van der Waals surface area contributed by atoms with Crippen molar-refractivity contribution >= 4 is 41.9 Å². The Balaban J connectivity index is 2.13. The van der Waals surface area contributed by atoms with Crippen LogP contribution in [0.25, 0.3) is 9.65 Å². The topological polar surface area (TPSA) is 94.2 Å². The van der Waals surface area contributed by atoms with E-state index in [1.807, 2.05) is 0 Å². The average molecular weight is 324 g/mol. The number of imide groups is 1. The molecule has 1 fully saturated rings. The molecule has 1 unspecified atom stereocenters. The number of nitrogen functional groups attached to an aromatic ring is 1. The van der Waals surface area contributed by atoms with Crippen molar-refractivity contribution in [2.24, 2.45) is 0 Å². The van der Waals surface area contributed by atoms with E-state index in [-0.39, 0.29) is 32.6 Å². The molecule has 19 heavy (non-hydrogen) atoms. The van der Waals surface area contributed by atoms with Gasteiger partial charge in [0.2, 0.25) is 0 Å². The number of rotatable bonds is 1. The third-order valence-electron chi connectivity index (χ3n) is 3.16. The molecule has 2 heterocycles. The van der Waals surface area contributed by atoms with Gasteiger partial charge >= 0.3 is 114 Å². The molecule has 1 saturated heterocycles. The van der Waals surface area contributed by atoms with Crippen LogP contribution in [0.1, 0.15) is 18.9 Å². The first-order chi connectivity index (χ1) is 9.08. The second-order valence-corrected chi connectivity index (χ2v) is 6.48. The summed E-state index contributed by atoms with van der Waals surface area (Å²) in [5.74, 6) is -0.671. The van der Waals surface area contributed by atoms with Crippen molar-refractivity contribution in [1.82, 2.24) is 8.88 Å². The quantitative estimate of drug-likeness (QED) is 0.425. The molecule has 0 radical (unpaired) electrons. The van der Waals surface area contributed by atoms with Crippen molar-refractivity contribution in [3.05, 3.63) is 28.6 Å². The maximum atomic E-state index is 12.3. The van der Waals surface area contributed by atoms with E-state index in [9.17, 15) is 14.4 Å². The van der Waals surface area contributed by atoms with Crippen molar-refractivity contribution < 1.29 is 9.59 Å². The standard InChI is InChI=1S/C12H11N3O3Se/c13-7-3-1-2-6-10(7)19-15(12(6)18)8-4-5-9(16)14-11(8)17/h1-3,8H,4-5,13H2,(H,14,16,17). The molecule has 0 spiro atoms. The Morgan fingerprint density at radius 1 is 1.32 bits per heavy atom. The van der Waals surface area contributed by atoms with Crippen molar-refractivity contribution in [1.29, 1.82) is 0 Å². The van der Waals surface area contributed by atoms with E-state index in [0.29, 0.717) is 17.5 Å². The van der Waals surface area contributed by atoms with Crippen molar-refractivity contribution in [3.63, 3.8) is 0 Å². The number of hydrogen-bond donors (Lipinski definition) is 2. The van der Waals surface area contributed by atoms with E-state index in [4.69, 9.17) is 5.73 Å². The summed E-state index contributed by atoms with van der Waals surface area (Å²) in [6, 6.07) is 4.65. The van der Waals surface area contributed by atoms with Crippen LogP contribution in [0.15, 0.2) is 23.0 Å². The molecule has 6 nitrogen and oxygen atoms in total. The number of nitrogens with one attached hydrogen (secondary N) is 1. The SMILES string of the molecule is Nc1cccc2c(=O)n(C3CCC(=O)NC3=O)[se]c12. The molecule has 1 aromatic heterocycles. The fourth-order valence-electron chi connectivity index (χ4n) is 2.19. The summed E-state index contributed by atoms with van der Waals surface area (Å²) >= 11 is -0.305. The van der Waals surface area contributed by atoms with Crippen LogP contribution >= 0.6 is 0 Å². The summed E-state index contributed by atoms with van der Waals surface area (Å²) < 4.78 is 2.38. The number of aromatic nitrogens is 1. The maximum absolute atomic E-state index is 12.3. The molecule has 7 heteroatoms. The Bertz CT molecular complexity index is 746. The Kier molecular flexibility index (Phi) is 2.80. The predicted molar refractivity (Wildman–Crippen MR) is 71.0 cm³/mol. The Morgan fingerprint density at radius 3 is 2.79 bits per heavy atom. The van der Waals surface area contributed by atoms with Gasteiger partial charge in [0.1, 0.15) is 0 Å². The Labute approximate surface area is 114 Å². The van der Waals surface area contributed by atoms with E-state index in [2.05, 4.69) is 5.32 Å². The van der Waals surface area contributed by atoms with Gasteiger partial charge < -0.3 is 0 Å². The van der Waals surface area contributed by atoms with Gasteiger partial charge in [-0.05, 0) is 0 Å². The van der Waals surface area contributed by atoms with Crippen LogP contribution in [-0.4, -0.2) is 30.1 Å². The number of amides is 2. The molecule has 2 amide bonds. The molecule has 1 aliphatic heterocycles. The van der Waals surface area contributed by atoms with Gasteiger partial charge in [0.25, 0.3) is 0 Å². The van der Waals surface area contributed by atoms with Gasteiger partial charge in [0, 0.05) is 0 Å². The summed E-state index contributed by atoms with van der Waals surface area (Å²) in [7, 11) is 0. The van der Waals surface area contributed by atoms with Crippen LogP contribution in [-0.2, 0) is 9.59 Å². The molecular formula is C12H11N3O3Se. The molecule has 1 aliphatic rings. The number of carbonyl (C=O) groups excluding carboxylic acids is 2. The Hall–Kier alpha value is -1.85. The first-order valence-corrected chi connectivity index (χ1v) is 7.44. The summed E-state index contributed by atoms with van der Waals surface area (Å²) in [5, 5.41) is 2.85. The van der Waals surface area contributed by atoms with E-state index < -0.39 is 11.9 Å². The van der Waals surface area contributed by atoms with Crippen molar-refractivity contribution in [2.75, 3.05) is 5.73 Å². The molecule has 0 bridgehead atoms. The number of benzene rings is 1. The fraction of sp³-hybridized carbons (Fsp3) is 0.250. The number of hydrogen-bond acceptors (Lipinski definition) is 4. The molecule has 3 rings (SSSR count). The summed E-state index contributed by atoms with van der Waals surface area (Å²) in [4.78, 5) is 35.3. The Morgan fingerprint density at radius 2 is 2.11 bits per heavy atom. The number of nitrogens with two attached hydrogens (primary N) is 1. The van der Waals surface area contributed by atoms with Crippen LogP contribution < -0.4 is 16.6 Å². The first kappa shape index (κ1) is 12.2. The summed E-state index contributed by atoms with van der Waals surface area (Å²) in [6.45, 7) is 0. The number of anilines is 1. The minimum atomic E-state index is -0.558. The van der Waals surface area contributed by atoms with Gasteiger partial charge in [-0.1, -0.05) is 0 Å². The summed E-state index contributed by atoms with van der Waals surface area (Å²) in [5.41, 5.74) is 6.28. The van der Waals surface area contributed by atoms with Gasteiger partial charge in [-0.15, -0.1) is 0 Å². The zero-order valence-corrected chi connectivity index (χ0v) is 11.6. The van der Waals surface area contributed by atoms with Gasteiger partial charge in [-0.3, -0.25) is 0 Å². The summed E-state index contributed by atoms with van der Waals surface area (Å²) in [6.07, 6.45) is 0.647. The second kappa shape index (κ2) is 4.36. The molecule has 98 valence electrons. The molecular weight excluding hydrogens is 313 g/mol. The van der Waals surface area contributed by atoms with Gasteiger partial charge in [0.05, 0.1) is 0 Å². The normalized spacial score (nSPS) is 19.7. The molecule has 1 atom stereocenters. The third-order valence-corrected chi connectivity index (χ3v) is 5.79. The number of fused-ring (bicyclic) bond motifs is 1. The van der Waals surface area contributed by atoms with Crippen LogP contribution in [0.4, 0.5) is 5.69 Å². The van der Waals surface area contributed by atoms with Crippen LogP contribution in [0, 0.1) is 0 Å². The monoisotopic (exact) mass is 325 g/mol. The molecule has 2 aromatic rings. The number of carbonyl (C=O) groups is 2. The van der Waals surface area contributed by atoms with E-state index >= 15 is 0 Å². The molecule has 0 aliphatic carbocycles. The zero-order valence-electron chi connectivity index (χ0n) is 9.88. The van der Waals surface area contributed by atoms with Crippen LogP contribution in [0.2, 0.25) is 0 Å². The third kappa shape index (κ3) is 1.91. The van der Waals surface area contributed by atoms with Crippen LogP contribution in [0.3, 0.4) is 0 Å². The van der Waals surface area contributed by atoms with E-state index in [0.717, 1.165) is 4.26 Å². The molecule has 1 aromatic carbocycles. The van der Waals surface area contributed by atoms with E-state index in [1.165, 1.54) is 0 Å². The van der Waals surface area contributed by atoms with Gasteiger partial charge in [-0.25, -0.2) is 0 Å². The number of piperidine rings is 1. The van der Waals surface area contributed by atoms with Crippen molar-refractivity contribution in [2.45, 2.75) is 18.9 Å². The van der Waals surface area contributed by atoms with Crippen molar-refractivity contribution in [3.8, 4) is 0 Å². The fourth-order valence-corrected chi connectivity index (χ4v) is 4.57. The van der Waals surface area contributed by atoms with Crippen LogP contribution in [0.5, 0.6) is 0 Å². The first-order valence-electron chi connectivity index (χ1n) is 5.81. The number of nitrogens with zero attached hydrogens (tertiary/aromatic N) is 1. The van der Waals surface area contributed by atoms with Gasteiger partial charge in [-0.2, -0.15) is 0 Å². The minimum absolute atomic E-state index is 0.170. The van der Waals surface area contributed by atoms with Gasteiger partial charge in [0.15, 0.2) is 0 Å². The second-order valence-electron chi connectivity index (χ2n) is 4.41. The van der Waals surface area contributed by atoms with E-state index in [1.54, 1.807) is 21.8 Å². The predicted octanol–water partition coefficient (Wildman–Crippen LogP) is -0.382. The zero-order chi connectivity index (χ0) is 13.6. The molecule has 0 saturated carbocycles. The average Bonchev–Trinajstić information content (AvgIpc) is 2.69.